The first-order valence-electron chi connectivity index (χ1n) is 10.3. The predicted molar refractivity (Wildman–Crippen MR) is 118 cm³/mol. The number of ether oxygens (including phenoxy) is 1. The van der Waals surface area contributed by atoms with Crippen molar-refractivity contribution in [3.63, 3.8) is 0 Å². The SMILES string of the molecule is CC(=O)Nc1cn2nc(-c3c(-c4ccc(F)cc4)nn(C)c3N3CCOCC3)ccc2n1. The van der Waals surface area contributed by atoms with Gasteiger partial charge in [0.2, 0.25) is 5.91 Å². The van der Waals surface area contributed by atoms with E-state index >= 15 is 0 Å². The Morgan fingerprint density at radius 1 is 1.09 bits per heavy atom. The lowest BCUT2D eigenvalue weighted by atomic mass is 10.0. The van der Waals surface area contributed by atoms with Crippen LogP contribution in [0.1, 0.15) is 6.92 Å². The van der Waals surface area contributed by atoms with Crippen LogP contribution in [0.25, 0.3) is 28.2 Å². The van der Waals surface area contributed by atoms with Gasteiger partial charge in [-0.25, -0.2) is 13.9 Å². The Labute approximate surface area is 183 Å². The Morgan fingerprint density at radius 3 is 2.56 bits per heavy atom. The number of nitrogens with one attached hydrogen (secondary N) is 1. The molecule has 0 atom stereocenters. The van der Waals surface area contributed by atoms with Crippen molar-refractivity contribution < 1.29 is 13.9 Å². The molecule has 0 unspecified atom stereocenters. The minimum atomic E-state index is -0.303. The lowest BCUT2D eigenvalue weighted by Gasteiger charge is -2.29. The van der Waals surface area contributed by atoms with Gasteiger partial charge in [-0.1, -0.05) is 0 Å². The predicted octanol–water partition coefficient (Wildman–Crippen LogP) is 2.73. The molecule has 0 saturated carbocycles. The number of aryl methyl sites for hydroxylation is 1. The Balaban J connectivity index is 1.68. The van der Waals surface area contributed by atoms with Crippen LogP contribution in [0.4, 0.5) is 16.0 Å². The molecule has 0 aliphatic carbocycles. The van der Waals surface area contributed by atoms with Gasteiger partial charge < -0.3 is 15.0 Å². The van der Waals surface area contributed by atoms with Gasteiger partial charge in [-0.2, -0.15) is 10.2 Å². The maximum Gasteiger partial charge on any atom is 0.222 e. The Bertz CT molecular complexity index is 1290. The summed E-state index contributed by atoms with van der Waals surface area (Å²) in [7, 11) is 1.89. The lowest BCUT2D eigenvalue weighted by Crippen LogP contribution is -2.37. The van der Waals surface area contributed by atoms with E-state index in [0.717, 1.165) is 30.0 Å². The highest BCUT2D eigenvalue weighted by Crippen LogP contribution is 2.38. The van der Waals surface area contributed by atoms with Crippen molar-refractivity contribution in [2.45, 2.75) is 6.92 Å². The first-order chi connectivity index (χ1) is 15.5. The topological polar surface area (TPSA) is 89.6 Å². The molecule has 5 rings (SSSR count). The molecule has 164 valence electrons. The van der Waals surface area contributed by atoms with Gasteiger partial charge in [0.15, 0.2) is 11.5 Å². The van der Waals surface area contributed by atoms with Crippen molar-refractivity contribution in [2.24, 2.45) is 7.05 Å². The van der Waals surface area contributed by atoms with Gasteiger partial charge in [-0.05, 0) is 36.4 Å². The van der Waals surface area contributed by atoms with Crippen LogP contribution in [-0.2, 0) is 16.6 Å². The summed E-state index contributed by atoms with van der Waals surface area (Å²) in [5, 5.41) is 12.2. The van der Waals surface area contributed by atoms with Crippen LogP contribution in [0, 0.1) is 5.82 Å². The number of fused-ring (bicyclic) bond motifs is 1. The van der Waals surface area contributed by atoms with Crippen LogP contribution in [-0.4, -0.2) is 56.6 Å². The Morgan fingerprint density at radius 2 is 1.84 bits per heavy atom. The highest BCUT2D eigenvalue weighted by Gasteiger charge is 2.26. The van der Waals surface area contributed by atoms with E-state index in [0.29, 0.717) is 36.1 Å². The Kier molecular flexibility index (Phi) is 5.06. The number of rotatable bonds is 4. The fourth-order valence-corrected chi connectivity index (χ4v) is 3.95. The van der Waals surface area contributed by atoms with Gasteiger partial charge in [0, 0.05) is 32.6 Å². The van der Waals surface area contributed by atoms with Crippen molar-refractivity contribution >= 4 is 23.2 Å². The van der Waals surface area contributed by atoms with Crippen molar-refractivity contribution in [2.75, 3.05) is 36.5 Å². The van der Waals surface area contributed by atoms with Crippen molar-refractivity contribution in [3.8, 4) is 22.5 Å². The summed E-state index contributed by atoms with van der Waals surface area (Å²) >= 11 is 0. The molecule has 4 heterocycles. The summed E-state index contributed by atoms with van der Waals surface area (Å²) in [5.74, 6) is 0.847. The number of amides is 1. The largest absolute Gasteiger partial charge is 0.378 e. The van der Waals surface area contributed by atoms with Crippen LogP contribution in [0.2, 0.25) is 0 Å². The summed E-state index contributed by atoms with van der Waals surface area (Å²) in [6.45, 7) is 4.15. The van der Waals surface area contributed by atoms with E-state index < -0.39 is 0 Å². The van der Waals surface area contributed by atoms with E-state index in [-0.39, 0.29) is 11.7 Å². The number of nitrogens with zero attached hydrogens (tertiary/aromatic N) is 6. The number of hydrogen-bond acceptors (Lipinski definition) is 6. The Hall–Kier alpha value is -3.79. The van der Waals surface area contributed by atoms with Crippen LogP contribution >= 0.6 is 0 Å². The van der Waals surface area contributed by atoms with Crippen LogP contribution in [0.5, 0.6) is 0 Å². The summed E-state index contributed by atoms with van der Waals surface area (Å²) in [4.78, 5) is 18.0. The average molecular weight is 435 g/mol. The molecule has 3 aromatic heterocycles. The quantitative estimate of drug-likeness (QED) is 0.530. The second-order valence-corrected chi connectivity index (χ2v) is 7.61. The zero-order valence-corrected chi connectivity index (χ0v) is 17.7. The average Bonchev–Trinajstić information content (AvgIpc) is 3.33. The highest BCUT2D eigenvalue weighted by atomic mass is 19.1. The van der Waals surface area contributed by atoms with E-state index in [1.165, 1.54) is 19.1 Å². The molecule has 9 nitrogen and oxygen atoms in total. The summed E-state index contributed by atoms with van der Waals surface area (Å²) < 4.78 is 22.6. The molecule has 32 heavy (non-hydrogen) atoms. The maximum atomic E-state index is 13.6. The zero-order chi connectivity index (χ0) is 22.2. The fraction of sp³-hybridized carbons (Fsp3) is 0.273. The summed E-state index contributed by atoms with van der Waals surface area (Å²) in [5.41, 5.74) is 3.65. The van der Waals surface area contributed by atoms with Crippen LogP contribution in [0.3, 0.4) is 0 Å². The minimum Gasteiger partial charge on any atom is -0.378 e. The third-order valence-electron chi connectivity index (χ3n) is 5.33. The van der Waals surface area contributed by atoms with Crippen molar-refractivity contribution in [3.05, 3.63) is 48.4 Å². The second-order valence-electron chi connectivity index (χ2n) is 7.61. The number of carbonyl (C=O) groups excluding carboxylic acids is 1. The number of carbonyl (C=O) groups is 1. The molecule has 0 radical (unpaired) electrons. The van der Waals surface area contributed by atoms with Crippen molar-refractivity contribution in [1.29, 1.82) is 0 Å². The number of halogens is 1. The molecule has 1 aromatic carbocycles. The monoisotopic (exact) mass is 435 g/mol. The third-order valence-corrected chi connectivity index (χ3v) is 5.33. The first kappa shape index (κ1) is 20.1. The van der Waals surface area contributed by atoms with Crippen LogP contribution in [0.15, 0.2) is 42.6 Å². The standard InChI is InChI=1S/C22H22FN7O2/c1-14(31)24-18-13-30-19(25-18)8-7-17(26-30)20-21(15-3-5-16(23)6-4-15)27-28(2)22(20)29-9-11-32-12-10-29/h3-8,13H,9-12H2,1-2H3,(H,24,31). The number of aromatic nitrogens is 5. The van der Waals surface area contributed by atoms with Gasteiger partial charge >= 0.3 is 0 Å². The second kappa shape index (κ2) is 8.04. The molecule has 1 fully saturated rings. The van der Waals surface area contributed by atoms with E-state index in [4.69, 9.17) is 14.9 Å². The highest BCUT2D eigenvalue weighted by molar-refractivity contribution is 5.89. The molecule has 4 aromatic rings. The first-order valence-corrected chi connectivity index (χ1v) is 10.3. The van der Waals surface area contributed by atoms with E-state index in [2.05, 4.69) is 15.2 Å². The van der Waals surface area contributed by atoms with Gasteiger partial charge in [-0.3, -0.25) is 9.48 Å². The minimum absolute atomic E-state index is 0.200. The van der Waals surface area contributed by atoms with Gasteiger partial charge in [0.05, 0.1) is 30.7 Å². The summed E-state index contributed by atoms with van der Waals surface area (Å²) in [6, 6.07) is 10.0. The molecule has 0 spiro atoms. The number of hydrogen-bond donors (Lipinski definition) is 1. The van der Waals surface area contributed by atoms with Gasteiger partial charge in [0.25, 0.3) is 0 Å². The summed E-state index contributed by atoms with van der Waals surface area (Å²) in [6.07, 6.45) is 1.67. The molecule has 1 saturated heterocycles. The van der Waals surface area contributed by atoms with Gasteiger partial charge in [-0.15, -0.1) is 0 Å². The zero-order valence-electron chi connectivity index (χ0n) is 17.7. The molecule has 1 N–H and O–H groups in total. The molecule has 1 amide bonds. The normalized spacial score (nSPS) is 14.2. The molecule has 1 aliphatic rings. The molecule has 10 heteroatoms. The lowest BCUT2D eigenvalue weighted by molar-refractivity contribution is -0.114. The molecule has 0 bridgehead atoms. The number of morpholine rings is 1. The fourth-order valence-electron chi connectivity index (χ4n) is 3.95. The third kappa shape index (κ3) is 3.69. The van der Waals surface area contributed by atoms with E-state index in [9.17, 15) is 9.18 Å². The molecular weight excluding hydrogens is 413 g/mol. The van der Waals surface area contributed by atoms with Crippen molar-refractivity contribution in [1.82, 2.24) is 24.4 Å². The maximum absolute atomic E-state index is 13.6. The smallest absolute Gasteiger partial charge is 0.222 e. The molecule has 1 aliphatic heterocycles. The number of imidazole rings is 1. The number of benzene rings is 1. The molecular formula is C22H22FN7O2. The van der Waals surface area contributed by atoms with Crippen LogP contribution < -0.4 is 10.2 Å². The number of anilines is 2. The van der Waals surface area contributed by atoms with Gasteiger partial charge in [0.1, 0.15) is 17.3 Å². The van der Waals surface area contributed by atoms with E-state index in [1.54, 1.807) is 22.8 Å². The van der Waals surface area contributed by atoms with E-state index in [1.807, 2.05) is 23.9 Å².